The minimum atomic E-state index is -0.489. The molecule has 1 aromatic heterocycles. The topological polar surface area (TPSA) is 77.0 Å². The zero-order valence-electron chi connectivity index (χ0n) is 13.7. The molecule has 6 nitrogen and oxygen atoms in total. The molecule has 0 spiro atoms. The minimum absolute atomic E-state index is 0.416. The van der Waals surface area contributed by atoms with E-state index < -0.39 is 5.91 Å². The second-order valence-electron chi connectivity index (χ2n) is 5.68. The fraction of sp³-hybridized carbons (Fsp3) is 0.167. The predicted octanol–water partition coefficient (Wildman–Crippen LogP) is 2.16. The number of anilines is 1. The summed E-state index contributed by atoms with van der Waals surface area (Å²) in [6, 6.07) is 17.2. The highest BCUT2D eigenvalue weighted by molar-refractivity contribution is 5.99. The molecule has 0 fully saturated rings. The van der Waals surface area contributed by atoms with E-state index in [1.165, 1.54) is 0 Å². The van der Waals surface area contributed by atoms with Gasteiger partial charge in [-0.25, -0.2) is 4.68 Å². The molecule has 0 aliphatic heterocycles. The summed E-state index contributed by atoms with van der Waals surface area (Å²) in [6.45, 7) is 0.597. The second kappa shape index (κ2) is 6.54. The van der Waals surface area contributed by atoms with Crippen LogP contribution in [0.4, 0.5) is 5.95 Å². The number of hydrogen-bond acceptors (Lipinski definition) is 4. The van der Waals surface area contributed by atoms with Gasteiger partial charge in [0.05, 0.1) is 12.1 Å². The molecular weight excluding hydrogens is 302 g/mol. The smallest absolute Gasteiger partial charge is 0.249 e. The molecule has 0 aliphatic rings. The van der Waals surface area contributed by atoms with Gasteiger partial charge in [-0.1, -0.05) is 48.5 Å². The van der Waals surface area contributed by atoms with E-state index in [1.54, 1.807) is 12.1 Å². The predicted molar refractivity (Wildman–Crippen MR) is 93.8 cm³/mol. The van der Waals surface area contributed by atoms with Crippen LogP contribution < -0.4 is 10.6 Å². The van der Waals surface area contributed by atoms with Gasteiger partial charge in [-0.3, -0.25) is 4.79 Å². The number of rotatable bonds is 5. The molecule has 0 aliphatic carbocycles. The summed E-state index contributed by atoms with van der Waals surface area (Å²) < 4.78 is 1.82. The van der Waals surface area contributed by atoms with Gasteiger partial charge in [-0.2, -0.15) is 4.98 Å². The standard InChI is InChI=1S/C18H19N5O/c1-22(2)18-20-17(15-11-7-6-10-14(15)16(19)24)21-23(18)12-13-8-4-3-5-9-13/h3-11H,12H2,1-2H3,(H2,19,24). The highest BCUT2D eigenvalue weighted by atomic mass is 16.1. The Morgan fingerprint density at radius 3 is 2.42 bits per heavy atom. The largest absolute Gasteiger partial charge is 0.366 e. The SMILES string of the molecule is CN(C)c1nc(-c2ccccc2C(N)=O)nn1Cc1ccccc1. The van der Waals surface area contributed by atoms with E-state index >= 15 is 0 Å². The molecule has 0 saturated heterocycles. The lowest BCUT2D eigenvalue weighted by Crippen LogP contribution is -2.16. The maximum absolute atomic E-state index is 11.7. The fourth-order valence-electron chi connectivity index (χ4n) is 2.53. The molecule has 3 rings (SSSR count). The molecule has 0 bridgehead atoms. The van der Waals surface area contributed by atoms with Crippen LogP contribution in [0, 0.1) is 0 Å². The minimum Gasteiger partial charge on any atom is -0.366 e. The number of primary amides is 1. The van der Waals surface area contributed by atoms with Crippen molar-refractivity contribution in [3.63, 3.8) is 0 Å². The third-order valence-electron chi connectivity index (χ3n) is 3.66. The number of carbonyl (C=O) groups is 1. The molecule has 0 atom stereocenters. The molecule has 1 heterocycles. The molecule has 6 heteroatoms. The van der Waals surface area contributed by atoms with Crippen molar-refractivity contribution < 1.29 is 4.79 Å². The van der Waals surface area contributed by atoms with E-state index in [2.05, 4.69) is 10.1 Å². The van der Waals surface area contributed by atoms with Gasteiger partial charge in [0.1, 0.15) is 0 Å². The normalized spacial score (nSPS) is 10.6. The zero-order chi connectivity index (χ0) is 17.1. The van der Waals surface area contributed by atoms with Crippen molar-refractivity contribution in [2.75, 3.05) is 19.0 Å². The molecule has 122 valence electrons. The fourth-order valence-corrected chi connectivity index (χ4v) is 2.53. The molecule has 3 aromatic rings. The van der Waals surface area contributed by atoms with Crippen molar-refractivity contribution in [2.24, 2.45) is 5.73 Å². The van der Waals surface area contributed by atoms with Crippen LogP contribution in [-0.2, 0) is 6.54 Å². The van der Waals surface area contributed by atoms with Crippen LogP contribution >= 0.6 is 0 Å². The van der Waals surface area contributed by atoms with Gasteiger partial charge >= 0.3 is 0 Å². The van der Waals surface area contributed by atoms with Gasteiger partial charge in [-0.05, 0) is 11.6 Å². The number of aromatic nitrogens is 3. The van der Waals surface area contributed by atoms with Crippen LogP contribution in [-0.4, -0.2) is 34.8 Å². The Morgan fingerprint density at radius 2 is 1.75 bits per heavy atom. The number of carbonyl (C=O) groups excluding carboxylic acids is 1. The Bertz CT molecular complexity index is 855. The molecule has 0 radical (unpaired) electrons. The average Bonchev–Trinajstić information content (AvgIpc) is 2.99. The van der Waals surface area contributed by atoms with Crippen molar-refractivity contribution >= 4 is 11.9 Å². The van der Waals surface area contributed by atoms with Crippen molar-refractivity contribution in [1.29, 1.82) is 0 Å². The lowest BCUT2D eigenvalue weighted by Gasteiger charge is -2.12. The molecule has 2 aromatic carbocycles. The lowest BCUT2D eigenvalue weighted by atomic mass is 10.1. The first kappa shape index (κ1) is 15.7. The Labute approximate surface area is 140 Å². The van der Waals surface area contributed by atoms with Crippen LogP contribution in [0.1, 0.15) is 15.9 Å². The van der Waals surface area contributed by atoms with Crippen molar-refractivity contribution in [3.05, 3.63) is 65.7 Å². The zero-order valence-corrected chi connectivity index (χ0v) is 13.7. The summed E-state index contributed by atoms with van der Waals surface area (Å²) in [5.41, 5.74) is 7.65. The molecule has 2 N–H and O–H groups in total. The van der Waals surface area contributed by atoms with Gasteiger partial charge in [0.2, 0.25) is 11.9 Å². The first-order valence-electron chi connectivity index (χ1n) is 7.61. The number of benzene rings is 2. The van der Waals surface area contributed by atoms with E-state index in [9.17, 15) is 4.79 Å². The van der Waals surface area contributed by atoms with Crippen molar-refractivity contribution in [2.45, 2.75) is 6.54 Å². The molecule has 0 saturated carbocycles. The lowest BCUT2D eigenvalue weighted by molar-refractivity contribution is 0.100. The summed E-state index contributed by atoms with van der Waals surface area (Å²) >= 11 is 0. The van der Waals surface area contributed by atoms with Gasteiger partial charge in [0, 0.05) is 19.7 Å². The van der Waals surface area contributed by atoms with Crippen molar-refractivity contribution in [1.82, 2.24) is 14.8 Å². The summed E-state index contributed by atoms with van der Waals surface area (Å²) in [6.07, 6.45) is 0. The average molecular weight is 321 g/mol. The molecule has 24 heavy (non-hydrogen) atoms. The monoisotopic (exact) mass is 321 g/mol. The number of amides is 1. The Kier molecular flexibility index (Phi) is 4.29. The third kappa shape index (κ3) is 3.12. The molecule has 0 unspecified atom stereocenters. The first-order valence-corrected chi connectivity index (χ1v) is 7.61. The second-order valence-corrected chi connectivity index (χ2v) is 5.68. The van der Waals surface area contributed by atoms with Crippen LogP contribution in [0.3, 0.4) is 0 Å². The van der Waals surface area contributed by atoms with Crippen LogP contribution in [0.15, 0.2) is 54.6 Å². The summed E-state index contributed by atoms with van der Waals surface area (Å²) in [5, 5.41) is 4.60. The maximum Gasteiger partial charge on any atom is 0.249 e. The Hall–Kier alpha value is -3.15. The molecular formula is C18H19N5O. The highest BCUT2D eigenvalue weighted by Gasteiger charge is 2.17. The maximum atomic E-state index is 11.7. The van der Waals surface area contributed by atoms with E-state index in [0.29, 0.717) is 29.4 Å². The summed E-state index contributed by atoms with van der Waals surface area (Å²) in [4.78, 5) is 18.1. The van der Waals surface area contributed by atoms with Gasteiger partial charge in [0.15, 0.2) is 5.82 Å². The van der Waals surface area contributed by atoms with E-state index in [1.807, 2.05) is 66.1 Å². The van der Waals surface area contributed by atoms with Crippen LogP contribution in [0.2, 0.25) is 0 Å². The number of nitrogens with two attached hydrogens (primary N) is 1. The first-order chi connectivity index (χ1) is 11.6. The third-order valence-corrected chi connectivity index (χ3v) is 3.66. The van der Waals surface area contributed by atoms with E-state index in [4.69, 9.17) is 5.73 Å². The van der Waals surface area contributed by atoms with E-state index in [-0.39, 0.29) is 0 Å². The Balaban J connectivity index is 2.05. The summed E-state index contributed by atoms with van der Waals surface area (Å²) in [7, 11) is 3.82. The molecule has 1 amide bonds. The number of nitrogens with zero attached hydrogens (tertiary/aromatic N) is 4. The van der Waals surface area contributed by atoms with E-state index in [0.717, 1.165) is 5.56 Å². The summed E-state index contributed by atoms with van der Waals surface area (Å²) in [5.74, 6) is 0.716. The quantitative estimate of drug-likeness (QED) is 0.781. The van der Waals surface area contributed by atoms with Gasteiger partial charge in [-0.15, -0.1) is 5.10 Å². The van der Waals surface area contributed by atoms with Crippen LogP contribution in [0.25, 0.3) is 11.4 Å². The number of hydrogen-bond donors (Lipinski definition) is 1. The van der Waals surface area contributed by atoms with Gasteiger partial charge < -0.3 is 10.6 Å². The van der Waals surface area contributed by atoms with Crippen molar-refractivity contribution in [3.8, 4) is 11.4 Å². The van der Waals surface area contributed by atoms with Crippen LogP contribution in [0.5, 0.6) is 0 Å². The Morgan fingerprint density at radius 1 is 1.08 bits per heavy atom. The van der Waals surface area contributed by atoms with Gasteiger partial charge in [0.25, 0.3) is 0 Å². The highest BCUT2D eigenvalue weighted by Crippen LogP contribution is 2.23.